The van der Waals surface area contributed by atoms with Crippen LogP contribution in [0.3, 0.4) is 0 Å². The summed E-state index contributed by atoms with van der Waals surface area (Å²) in [6.45, 7) is 4.51. The van der Waals surface area contributed by atoms with Gasteiger partial charge in [-0.3, -0.25) is 14.7 Å². The molecule has 5 heterocycles. The number of likely N-dealkylation sites (tertiary alicyclic amines) is 1. The summed E-state index contributed by atoms with van der Waals surface area (Å²) in [4.78, 5) is 33.3. The van der Waals surface area contributed by atoms with Crippen molar-refractivity contribution in [2.75, 3.05) is 32.8 Å². The van der Waals surface area contributed by atoms with Crippen molar-refractivity contribution in [2.45, 2.75) is 44.7 Å². The van der Waals surface area contributed by atoms with Crippen LogP contribution >= 0.6 is 0 Å². The second-order valence-corrected chi connectivity index (χ2v) is 9.19. The zero-order valence-electron chi connectivity index (χ0n) is 20.1. The zero-order valence-corrected chi connectivity index (χ0v) is 20.1. The molecule has 11 nitrogen and oxygen atoms in total. The molecule has 11 heteroatoms. The number of pyridine rings is 1. The second kappa shape index (κ2) is 11.0. The van der Waals surface area contributed by atoms with Crippen molar-refractivity contribution in [3.05, 3.63) is 59.6 Å². The van der Waals surface area contributed by atoms with E-state index >= 15 is 0 Å². The van der Waals surface area contributed by atoms with Gasteiger partial charge in [0.1, 0.15) is 5.76 Å². The average molecular weight is 495 g/mol. The number of hydrogen-bond donors (Lipinski definition) is 1. The summed E-state index contributed by atoms with van der Waals surface area (Å²) < 4.78 is 12.9. The Kier molecular flexibility index (Phi) is 7.38. The number of carbonyl (C=O) groups is 2. The molecular weight excluding hydrogens is 464 g/mol. The number of hydrogen-bond acceptors (Lipinski definition) is 8. The largest absolute Gasteiger partial charge is 0.478 e. The van der Waals surface area contributed by atoms with Gasteiger partial charge < -0.3 is 19.2 Å². The van der Waals surface area contributed by atoms with Gasteiger partial charge in [-0.15, -0.1) is 5.10 Å². The lowest BCUT2D eigenvalue weighted by molar-refractivity contribution is 0.0273. The van der Waals surface area contributed by atoms with Gasteiger partial charge in [-0.2, -0.15) is 0 Å². The number of aromatic nitrogens is 4. The standard InChI is InChI=1S/C25H30N6O5/c32-24(23-4-3-20(36-23)17-29-10-1-2-11-29)30(19-7-13-35-14-8-19)12-6-18-16-31(28-27-18)22-15-26-9-5-21(22)25(33)34/h3-5,9,15-16,19H,1-2,6-8,10-14,17H2,(H,33,34). The lowest BCUT2D eigenvalue weighted by Gasteiger charge is -2.33. The van der Waals surface area contributed by atoms with E-state index in [1.165, 1.54) is 36.0 Å². The first-order valence-electron chi connectivity index (χ1n) is 12.4. The van der Waals surface area contributed by atoms with Gasteiger partial charge in [0.2, 0.25) is 0 Å². The van der Waals surface area contributed by atoms with E-state index in [1.54, 1.807) is 12.3 Å². The molecule has 0 atom stereocenters. The Morgan fingerprint density at radius 1 is 1.14 bits per heavy atom. The van der Waals surface area contributed by atoms with Crippen LogP contribution in [0.5, 0.6) is 0 Å². The van der Waals surface area contributed by atoms with E-state index in [0.29, 0.717) is 43.3 Å². The van der Waals surface area contributed by atoms with Crippen LogP contribution in [0.1, 0.15) is 58.1 Å². The number of ether oxygens (including phenoxy) is 1. The van der Waals surface area contributed by atoms with Crippen molar-refractivity contribution in [3.63, 3.8) is 0 Å². The quantitative estimate of drug-likeness (QED) is 0.477. The van der Waals surface area contributed by atoms with Crippen LogP contribution in [0.15, 0.2) is 41.2 Å². The van der Waals surface area contributed by atoms with Crippen LogP contribution < -0.4 is 0 Å². The predicted octanol–water partition coefficient (Wildman–Crippen LogP) is 2.41. The van der Waals surface area contributed by atoms with Crippen LogP contribution in [0.4, 0.5) is 0 Å². The Labute approximate surface area is 208 Å². The van der Waals surface area contributed by atoms with Crippen LogP contribution in [0.25, 0.3) is 5.69 Å². The third-order valence-corrected chi connectivity index (χ3v) is 6.77. The molecule has 0 spiro atoms. The average Bonchev–Trinajstić information content (AvgIpc) is 3.68. The number of amides is 1. The molecule has 2 aliphatic heterocycles. The van der Waals surface area contributed by atoms with Gasteiger partial charge in [0, 0.05) is 38.4 Å². The second-order valence-electron chi connectivity index (χ2n) is 9.19. The van der Waals surface area contributed by atoms with Crippen molar-refractivity contribution in [3.8, 4) is 5.69 Å². The highest BCUT2D eigenvalue weighted by Crippen LogP contribution is 2.21. The van der Waals surface area contributed by atoms with Gasteiger partial charge in [0.15, 0.2) is 5.76 Å². The van der Waals surface area contributed by atoms with Crippen molar-refractivity contribution < 1.29 is 23.8 Å². The summed E-state index contributed by atoms with van der Waals surface area (Å²) in [5.74, 6) is -0.0488. The Morgan fingerprint density at radius 2 is 1.94 bits per heavy atom. The van der Waals surface area contributed by atoms with E-state index < -0.39 is 5.97 Å². The molecule has 36 heavy (non-hydrogen) atoms. The Morgan fingerprint density at radius 3 is 2.72 bits per heavy atom. The Bertz CT molecular complexity index is 1200. The van der Waals surface area contributed by atoms with Crippen LogP contribution in [-0.2, 0) is 17.7 Å². The minimum atomic E-state index is -1.07. The Balaban J connectivity index is 1.29. The number of aromatic carboxylic acids is 1. The van der Waals surface area contributed by atoms with E-state index in [-0.39, 0.29) is 17.5 Å². The van der Waals surface area contributed by atoms with E-state index in [9.17, 15) is 14.7 Å². The van der Waals surface area contributed by atoms with Crippen molar-refractivity contribution in [1.82, 2.24) is 29.8 Å². The zero-order chi connectivity index (χ0) is 24.9. The lowest BCUT2D eigenvalue weighted by Crippen LogP contribution is -2.44. The predicted molar refractivity (Wildman–Crippen MR) is 128 cm³/mol. The third-order valence-electron chi connectivity index (χ3n) is 6.77. The molecule has 0 bridgehead atoms. The van der Waals surface area contributed by atoms with Gasteiger partial charge in [0.05, 0.1) is 35.9 Å². The number of carboxylic acids is 1. The monoisotopic (exact) mass is 494 g/mol. The van der Waals surface area contributed by atoms with Crippen molar-refractivity contribution >= 4 is 11.9 Å². The molecule has 2 aliphatic rings. The molecule has 2 saturated heterocycles. The number of carboxylic acid groups (broad SMARTS) is 1. The van der Waals surface area contributed by atoms with E-state index in [1.807, 2.05) is 11.0 Å². The molecule has 0 unspecified atom stereocenters. The molecule has 5 rings (SSSR count). The molecule has 1 N–H and O–H groups in total. The fourth-order valence-corrected chi connectivity index (χ4v) is 4.84. The highest BCUT2D eigenvalue weighted by Gasteiger charge is 2.29. The first-order valence-corrected chi connectivity index (χ1v) is 12.4. The minimum Gasteiger partial charge on any atom is -0.478 e. The number of furan rings is 1. The molecule has 1 amide bonds. The fourth-order valence-electron chi connectivity index (χ4n) is 4.84. The number of carbonyl (C=O) groups excluding carboxylic acids is 1. The molecule has 3 aromatic rings. The first kappa shape index (κ1) is 24.1. The molecule has 0 aromatic carbocycles. The van der Waals surface area contributed by atoms with Crippen LogP contribution in [0.2, 0.25) is 0 Å². The van der Waals surface area contributed by atoms with Crippen molar-refractivity contribution in [1.29, 1.82) is 0 Å². The minimum absolute atomic E-state index is 0.0466. The Hall–Kier alpha value is -3.57. The lowest BCUT2D eigenvalue weighted by atomic mass is 10.1. The number of nitrogens with zero attached hydrogens (tertiary/aromatic N) is 6. The summed E-state index contributed by atoms with van der Waals surface area (Å²) in [6, 6.07) is 5.14. The van der Waals surface area contributed by atoms with Gasteiger partial charge in [-0.25, -0.2) is 9.48 Å². The van der Waals surface area contributed by atoms with Crippen LogP contribution in [-0.4, -0.2) is 85.7 Å². The summed E-state index contributed by atoms with van der Waals surface area (Å²) in [5, 5.41) is 17.7. The molecule has 0 radical (unpaired) electrons. The number of rotatable bonds is 9. The normalized spacial score (nSPS) is 16.9. The summed E-state index contributed by atoms with van der Waals surface area (Å²) in [7, 11) is 0. The maximum atomic E-state index is 13.5. The van der Waals surface area contributed by atoms with Gasteiger partial charge in [-0.1, -0.05) is 5.21 Å². The summed E-state index contributed by atoms with van der Waals surface area (Å²) in [5.41, 5.74) is 1.07. The molecular formula is C25H30N6O5. The van der Waals surface area contributed by atoms with Gasteiger partial charge in [0.25, 0.3) is 5.91 Å². The summed E-state index contributed by atoms with van der Waals surface area (Å²) in [6.07, 6.45) is 8.93. The van der Waals surface area contributed by atoms with Crippen molar-refractivity contribution in [2.24, 2.45) is 0 Å². The maximum absolute atomic E-state index is 13.5. The summed E-state index contributed by atoms with van der Waals surface area (Å²) >= 11 is 0. The first-order chi connectivity index (χ1) is 17.6. The van der Waals surface area contributed by atoms with Crippen LogP contribution in [0, 0.1) is 0 Å². The third kappa shape index (κ3) is 5.47. The van der Waals surface area contributed by atoms with Gasteiger partial charge in [-0.05, 0) is 57.0 Å². The molecule has 190 valence electrons. The molecule has 0 aliphatic carbocycles. The van der Waals surface area contributed by atoms with E-state index in [4.69, 9.17) is 9.15 Å². The fraction of sp³-hybridized carbons (Fsp3) is 0.480. The highest BCUT2D eigenvalue weighted by molar-refractivity contribution is 5.92. The highest BCUT2D eigenvalue weighted by atomic mass is 16.5. The maximum Gasteiger partial charge on any atom is 0.338 e. The molecule has 3 aromatic heterocycles. The van der Waals surface area contributed by atoms with E-state index in [2.05, 4.69) is 20.2 Å². The topological polar surface area (TPSA) is 127 Å². The molecule has 2 fully saturated rings. The van der Waals surface area contributed by atoms with Gasteiger partial charge >= 0.3 is 5.97 Å². The smallest absolute Gasteiger partial charge is 0.338 e. The van der Waals surface area contributed by atoms with E-state index in [0.717, 1.165) is 38.2 Å². The molecule has 0 saturated carbocycles. The SMILES string of the molecule is O=C(O)c1ccncc1-n1cc(CCN(C(=O)c2ccc(CN3CCCC3)o2)C2CCOCC2)nn1.